The Bertz CT molecular complexity index is 886. The van der Waals surface area contributed by atoms with Gasteiger partial charge in [-0.3, -0.25) is 9.78 Å². The van der Waals surface area contributed by atoms with Crippen LogP contribution in [-0.2, 0) is 0 Å². The van der Waals surface area contributed by atoms with Gasteiger partial charge in [0.15, 0.2) is 5.82 Å². The van der Waals surface area contributed by atoms with Crippen LogP contribution in [-0.4, -0.2) is 16.0 Å². The minimum atomic E-state index is -0.292. The van der Waals surface area contributed by atoms with E-state index in [-0.39, 0.29) is 5.91 Å². The average Bonchev–Trinajstić information content (AvgIpc) is 2.95. The Morgan fingerprint density at radius 1 is 1.08 bits per heavy atom. The van der Waals surface area contributed by atoms with Gasteiger partial charge in [-0.05, 0) is 38.5 Å². The minimum absolute atomic E-state index is 0.292. The summed E-state index contributed by atoms with van der Waals surface area (Å²) in [5, 5.41) is 9.71. The highest BCUT2D eigenvalue weighted by atomic mass is 16.5. The monoisotopic (exact) mass is 322 g/mol. The van der Waals surface area contributed by atoms with Crippen LogP contribution in [0.4, 0.5) is 17.2 Å². The maximum absolute atomic E-state index is 12.3. The van der Waals surface area contributed by atoms with Gasteiger partial charge in [0, 0.05) is 18.0 Å². The van der Waals surface area contributed by atoms with Crippen LogP contribution < -0.4 is 10.6 Å². The Labute approximate surface area is 139 Å². The number of hydrogen-bond acceptors (Lipinski definition) is 5. The molecule has 3 rings (SSSR count). The van der Waals surface area contributed by atoms with Gasteiger partial charge in [0.25, 0.3) is 5.91 Å². The van der Waals surface area contributed by atoms with E-state index >= 15 is 0 Å². The molecular weight excluding hydrogens is 304 g/mol. The van der Waals surface area contributed by atoms with Crippen molar-refractivity contribution in [1.82, 2.24) is 10.1 Å². The number of aryl methyl sites for hydroxylation is 3. The molecule has 6 nitrogen and oxygen atoms in total. The molecule has 0 aliphatic heterocycles. The van der Waals surface area contributed by atoms with Crippen molar-refractivity contribution in [2.45, 2.75) is 20.8 Å². The highest BCUT2D eigenvalue weighted by Gasteiger charge is 2.10. The fourth-order valence-corrected chi connectivity index (χ4v) is 2.36. The predicted octanol–water partition coefficient (Wildman–Crippen LogP) is 3.99. The summed E-state index contributed by atoms with van der Waals surface area (Å²) in [6.07, 6.45) is 3.19. The maximum Gasteiger partial charge on any atom is 0.258 e. The first-order chi connectivity index (χ1) is 11.5. The summed E-state index contributed by atoms with van der Waals surface area (Å²) in [7, 11) is 0. The Hall–Kier alpha value is -3.15. The summed E-state index contributed by atoms with van der Waals surface area (Å²) < 4.78 is 4.93. The van der Waals surface area contributed by atoms with Gasteiger partial charge in [-0.2, -0.15) is 0 Å². The third-order valence-electron chi connectivity index (χ3n) is 3.53. The van der Waals surface area contributed by atoms with Crippen LogP contribution in [0.5, 0.6) is 0 Å². The lowest BCUT2D eigenvalue weighted by atomic mass is 10.1. The summed E-state index contributed by atoms with van der Waals surface area (Å²) in [6.45, 7) is 5.85. The quantitative estimate of drug-likeness (QED) is 0.759. The standard InChI is InChI=1S/C18H18N4O2/c1-11-4-5-16(12(2)6-11)20-15-8-14(9-19-10-15)18(23)21-17-7-13(3)24-22-17/h4-10,20H,1-3H3,(H,21,22,23). The zero-order valence-corrected chi connectivity index (χ0v) is 13.8. The number of benzene rings is 1. The van der Waals surface area contributed by atoms with Crippen LogP contribution in [0.1, 0.15) is 27.2 Å². The lowest BCUT2D eigenvalue weighted by molar-refractivity contribution is 0.102. The van der Waals surface area contributed by atoms with E-state index in [0.29, 0.717) is 17.1 Å². The maximum atomic E-state index is 12.3. The topological polar surface area (TPSA) is 80.0 Å². The number of anilines is 3. The zero-order valence-electron chi connectivity index (χ0n) is 13.8. The average molecular weight is 322 g/mol. The van der Waals surface area contributed by atoms with Crippen molar-refractivity contribution in [3.8, 4) is 0 Å². The Kier molecular flexibility index (Phi) is 4.29. The van der Waals surface area contributed by atoms with Gasteiger partial charge in [-0.15, -0.1) is 0 Å². The fourth-order valence-electron chi connectivity index (χ4n) is 2.36. The van der Waals surface area contributed by atoms with Crippen molar-refractivity contribution in [3.05, 3.63) is 65.2 Å². The van der Waals surface area contributed by atoms with Crippen molar-refractivity contribution in [2.24, 2.45) is 0 Å². The molecule has 6 heteroatoms. The molecule has 2 N–H and O–H groups in total. The fraction of sp³-hybridized carbons (Fsp3) is 0.167. The normalized spacial score (nSPS) is 10.5. The highest BCUT2D eigenvalue weighted by Crippen LogP contribution is 2.22. The summed E-state index contributed by atoms with van der Waals surface area (Å²) in [5.41, 5.74) is 4.48. The van der Waals surface area contributed by atoms with Gasteiger partial charge in [0.2, 0.25) is 0 Å². The summed E-state index contributed by atoms with van der Waals surface area (Å²) in [4.78, 5) is 16.4. The molecule has 122 valence electrons. The van der Waals surface area contributed by atoms with E-state index in [4.69, 9.17) is 4.52 Å². The van der Waals surface area contributed by atoms with Crippen molar-refractivity contribution in [3.63, 3.8) is 0 Å². The molecule has 1 amide bonds. The molecule has 0 unspecified atom stereocenters. The molecule has 0 aliphatic carbocycles. The first-order valence-corrected chi connectivity index (χ1v) is 7.55. The highest BCUT2D eigenvalue weighted by molar-refractivity contribution is 6.04. The molecule has 2 aromatic heterocycles. The number of rotatable bonds is 4. The van der Waals surface area contributed by atoms with E-state index in [1.165, 1.54) is 11.8 Å². The van der Waals surface area contributed by atoms with Gasteiger partial charge >= 0.3 is 0 Å². The second kappa shape index (κ2) is 6.54. The summed E-state index contributed by atoms with van der Waals surface area (Å²) >= 11 is 0. The van der Waals surface area contributed by atoms with E-state index < -0.39 is 0 Å². The summed E-state index contributed by atoms with van der Waals surface area (Å²) in [5.74, 6) is 0.721. The van der Waals surface area contributed by atoms with Crippen LogP contribution in [0.15, 0.2) is 47.2 Å². The number of carbonyl (C=O) groups excluding carboxylic acids is 1. The van der Waals surface area contributed by atoms with Crippen LogP contribution in [0.25, 0.3) is 0 Å². The number of amides is 1. The summed E-state index contributed by atoms with van der Waals surface area (Å²) in [6, 6.07) is 9.54. The molecule has 24 heavy (non-hydrogen) atoms. The van der Waals surface area contributed by atoms with Gasteiger partial charge in [0.05, 0.1) is 17.4 Å². The second-order valence-corrected chi connectivity index (χ2v) is 5.68. The van der Waals surface area contributed by atoms with Crippen LogP contribution in [0, 0.1) is 20.8 Å². The van der Waals surface area contributed by atoms with E-state index in [2.05, 4.69) is 33.8 Å². The first kappa shape index (κ1) is 15.7. The Morgan fingerprint density at radius 3 is 2.62 bits per heavy atom. The number of carbonyl (C=O) groups is 1. The molecule has 2 heterocycles. The molecule has 3 aromatic rings. The molecule has 0 bridgehead atoms. The lowest BCUT2D eigenvalue weighted by Crippen LogP contribution is -2.12. The predicted molar refractivity (Wildman–Crippen MR) is 92.6 cm³/mol. The van der Waals surface area contributed by atoms with Gasteiger partial charge in [0.1, 0.15) is 5.76 Å². The van der Waals surface area contributed by atoms with E-state index in [1.54, 1.807) is 25.3 Å². The largest absolute Gasteiger partial charge is 0.360 e. The van der Waals surface area contributed by atoms with E-state index in [1.807, 2.05) is 19.1 Å². The van der Waals surface area contributed by atoms with E-state index in [0.717, 1.165) is 16.9 Å². The molecule has 0 spiro atoms. The third-order valence-corrected chi connectivity index (χ3v) is 3.53. The molecule has 0 radical (unpaired) electrons. The molecular formula is C18H18N4O2. The Balaban J connectivity index is 1.77. The lowest BCUT2D eigenvalue weighted by Gasteiger charge is -2.11. The van der Waals surface area contributed by atoms with Crippen molar-refractivity contribution in [2.75, 3.05) is 10.6 Å². The van der Waals surface area contributed by atoms with Crippen molar-refractivity contribution in [1.29, 1.82) is 0 Å². The van der Waals surface area contributed by atoms with Crippen molar-refractivity contribution < 1.29 is 9.32 Å². The molecule has 0 fully saturated rings. The van der Waals surface area contributed by atoms with Crippen LogP contribution >= 0.6 is 0 Å². The van der Waals surface area contributed by atoms with Gasteiger partial charge < -0.3 is 15.2 Å². The van der Waals surface area contributed by atoms with Crippen molar-refractivity contribution >= 4 is 23.1 Å². The second-order valence-electron chi connectivity index (χ2n) is 5.68. The third kappa shape index (κ3) is 3.60. The number of nitrogens with zero attached hydrogens (tertiary/aromatic N) is 2. The number of nitrogens with one attached hydrogen (secondary N) is 2. The molecule has 0 aliphatic rings. The minimum Gasteiger partial charge on any atom is -0.360 e. The number of aromatic nitrogens is 2. The zero-order chi connectivity index (χ0) is 17.1. The smallest absolute Gasteiger partial charge is 0.258 e. The number of pyridine rings is 1. The SMILES string of the molecule is Cc1ccc(Nc2cncc(C(=O)Nc3cc(C)on3)c2)c(C)c1. The number of hydrogen-bond donors (Lipinski definition) is 2. The van der Waals surface area contributed by atoms with Crippen LogP contribution in [0.2, 0.25) is 0 Å². The van der Waals surface area contributed by atoms with Crippen LogP contribution in [0.3, 0.4) is 0 Å². The first-order valence-electron chi connectivity index (χ1n) is 7.55. The molecule has 1 aromatic carbocycles. The van der Waals surface area contributed by atoms with Gasteiger partial charge in [-0.25, -0.2) is 0 Å². The van der Waals surface area contributed by atoms with E-state index in [9.17, 15) is 4.79 Å². The Morgan fingerprint density at radius 2 is 1.92 bits per heavy atom. The molecule has 0 atom stereocenters. The molecule has 0 saturated carbocycles. The van der Waals surface area contributed by atoms with Gasteiger partial charge in [-0.1, -0.05) is 22.9 Å². The molecule has 0 saturated heterocycles.